The summed E-state index contributed by atoms with van der Waals surface area (Å²) < 4.78 is 8.68. The van der Waals surface area contributed by atoms with Crippen LogP contribution < -0.4 is 5.32 Å². The minimum atomic E-state index is -0.283. The number of carbonyl (C=O) groups excluding carboxylic acids is 1. The number of hydrogen-bond acceptors (Lipinski definition) is 2. The van der Waals surface area contributed by atoms with Gasteiger partial charge in [0.1, 0.15) is 0 Å². The molecule has 1 heterocycles. The molecule has 1 unspecified atom stereocenters. The van der Waals surface area contributed by atoms with Gasteiger partial charge < -0.3 is 14.6 Å². The Hall–Kier alpha value is -2.59. The maximum absolute atomic E-state index is 11.5. The van der Waals surface area contributed by atoms with Crippen molar-refractivity contribution < 1.29 is 9.53 Å². The highest BCUT2D eigenvalue weighted by molar-refractivity contribution is 6.07. The van der Waals surface area contributed by atoms with Gasteiger partial charge in [0.25, 0.3) is 0 Å². The molecule has 1 atom stereocenters. The fourth-order valence-corrected chi connectivity index (χ4v) is 4.55. The molecule has 0 radical (unpaired) electrons. The number of fused-ring (bicyclic) bond motifs is 1. The Morgan fingerprint density at radius 3 is 2.30 bits per heavy atom. The summed E-state index contributed by atoms with van der Waals surface area (Å²) >= 11 is 0. The molecule has 0 spiro atoms. The molecule has 1 N–H and O–H groups in total. The monoisotopic (exact) mass is 406 g/mol. The van der Waals surface area contributed by atoms with E-state index in [0.717, 1.165) is 40.7 Å². The molecule has 4 heteroatoms. The standard InChI is InChI=1S/C26H34N2O2/c1-9-28-17(3)14-21-23(20-12-10-16(2)11-13-20)22(19(5)30-26(6,7)8)18(4)24(25(21)28)27-15-29/h10-15,19H,9H2,1-8H3,(H,27,29). The van der Waals surface area contributed by atoms with Crippen LogP contribution in [0.1, 0.15) is 63.1 Å². The van der Waals surface area contributed by atoms with Gasteiger partial charge in [-0.3, -0.25) is 4.79 Å². The number of amides is 1. The van der Waals surface area contributed by atoms with Gasteiger partial charge >= 0.3 is 0 Å². The highest BCUT2D eigenvalue weighted by Crippen LogP contribution is 2.45. The summed E-state index contributed by atoms with van der Waals surface area (Å²) in [6, 6.07) is 10.9. The Kier molecular flexibility index (Phi) is 6.09. The molecule has 0 aliphatic carbocycles. The lowest BCUT2D eigenvalue weighted by Crippen LogP contribution is -2.22. The molecule has 0 saturated carbocycles. The van der Waals surface area contributed by atoms with E-state index in [2.05, 4.69) is 95.6 Å². The van der Waals surface area contributed by atoms with Crippen molar-refractivity contribution in [1.29, 1.82) is 0 Å². The van der Waals surface area contributed by atoms with Crippen LogP contribution in [-0.2, 0) is 16.1 Å². The zero-order valence-corrected chi connectivity index (χ0v) is 19.5. The SMILES string of the molecule is CCn1c(C)cc2c(-c3ccc(C)cc3)c(C(C)OC(C)(C)C)c(C)c(NC=O)c21. The fraction of sp³-hybridized carbons (Fsp3) is 0.423. The van der Waals surface area contributed by atoms with E-state index in [1.807, 2.05) is 0 Å². The first-order chi connectivity index (χ1) is 14.1. The van der Waals surface area contributed by atoms with Gasteiger partial charge in [0, 0.05) is 17.6 Å². The maximum atomic E-state index is 11.5. The maximum Gasteiger partial charge on any atom is 0.211 e. The van der Waals surface area contributed by atoms with Crippen LogP contribution >= 0.6 is 0 Å². The van der Waals surface area contributed by atoms with Gasteiger partial charge in [-0.2, -0.15) is 0 Å². The molecule has 0 bridgehead atoms. The second kappa shape index (κ2) is 8.27. The molecule has 0 aliphatic rings. The lowest BCUT2D eigenvalue weighted by atomic mass is 9.88. The van der Waals surface area contributed by atoms with Crippen LogP contribution in [0, 0.1) is 20.8 Å². The number of ether oxygens (including phenoxy) is 1. The van der Waals surface area contributed by atoms with Crippen LogP contribution in [0.15, 0.2) is 30.3 Å². The number of carbonyl (C=O) groups is 1. The first kappa shape index (κ1) is 22.1. The normalized spacial score (nSPS) is 12.9. The number of nitrogens with one attached hydrogen (secondary N) is 1. The zero-order valence-electron chi connectivity index (χ0n) is 19.5. The Morgan fingerprint density at radius 2 is 1.77 bits per heavy atom. The number of nitrogens with zero attached hydrogens (tertiary/aromatic N) is 1. The molecule has 0 aliphatic heterocycles. The number of rotatable bonds is 6. The van der Waals surface area contributed by atoms with Gasteiger partial charge in [-0.25, -0.2) is 0 Å². The van der Waals surface area contributed by atoms with E-state index in [0.29, 0.717) is 0 Å². The molecule has 2 aromatic carbocycles. The lowest BCUT2D eigenvalue weighted by molar-refractivity contribution is -0.105. The van der Waals surface area contributed by atoms with Crippen molar-refractivity contribution in [3.8, 4) is 11.1 Å². The van der Waals surface area contributed by atoms with Crippen LogP contribution in [0.25, 0.3) is 22.0 Å². The smallest absolute Gasteiger partial charge is 0.211 e. The topological polar surface area (TPSA) is 43.3 Å². The second-order valence-electron chi connectivity index (χ2n) is 9.08. The molecular formula is C26H34N2O2. The summed E-state index contributed by atoms with van der Waals surface area (Å²) in [5, 5.41) is 4.14. The molecule has 3 aromatic rings. The van der Waals surface area contributed by atoms with E-state index in [1.54, 1.807) is 0 Å². The van der Waals surface area contributed by atoms with Gasteiger partial charge in [-0.15, -0.1) is 0 Å². The number of aryl methyl sites for hydroxylation is 3. The average molecular weight is 407 g/mol. The van der Waals surface area contributed by atoms with Gasteiger partial charge in [0.15, 0.2) is 0 Å². The number of aromatic nitrogens is 1. The van der Waals surface area contributed by atoms with E-state index >= 15 is 0 Å². The van der Waals surface area contributed by atoms with Crippen LogP contribution in [-0.4, -0.2) is 16.6 Å². The molecule has 0 saturated heterocycles. The first-order valence-corrected chi connectivity index (χ1v) is 10.7. The van der Waals surface area contributed by atoms with Crippen molar-refractivity contribution >= 4 is 23.0 Å². The highest BCUT2D eigenvalue weighted by atomic mass is 16.5. The van der Waals surface area contributed by atoms with Crippen LogP contribution in [0.2, 0.25) is 0 Å². The van der Waals surface area contributed by atoms with E-state index in [-0.39, 0.29) is 11.7 Å². The molecular weight excluding hydrogens is 372 g/mol. The number of hydrogen-bond donors (Lipinski definition) is 1. The molecule has 0 fully saturated rings. The highest BCUT2D eigenvalue weighted by Gasteiger charge is 2.27. The third-order valence-corrected chi connectivity index (χ3v) is 5.66. The van der Waals surface area contributed by atoms with Crippen molar-refractivity contribution in [2.75, 3.05) is 5.32 Å². The summed E-state index contributed by atoms with van der Waals surface area (Å²) in [5.41, 5.74) is 8.59. The third kappa shape index (κ3) is 4.01. The van der Waals surface area contributed by atoms with E-state index in [1.165, 1.54) is 22.4 Å². The minimum absolute atomic E-state index is 0.136. The zero-order chi connectivity index (χ0) is 22.2. The number of anilines is 1. The van der Waals surface area contributed by atoms with Crippen molar-refractivity contribution in [1.82, 2.24) is 4.57 Å². The summed E-state index contributed by atoms with van der Waals surface area (Å²) in [5.74, 6) is 0. The van der Waals surface area contributed by atoms with Crippen LogP contribution in [0.4, 0.5) is 5.69 Å². The van der Waals surface area contributed by atoms with E-state index in [9.17, 15) is 4.79 Å². The molecule has 160 valence electrons. The van der Waals surface area contributed by atoms with Crippen molar-refractivity contribution in [2.45, 2.75) is 73.6 Å². The predicted molar refractivity (Wildman–Crippen MR) is 126 cm³/mol. The van der Waals surface area contributed by atoms with Crippen LogP contribution in [0.5, 0.6) is 0 Å². The summed E-state index contributed by atoms with van der Waals surface area (Å²) in [6.45, 7) is 17.6. The Labute approximate surface area is 180 Å². The van der Waals surface area contributed by atoms with Gasteiger partial charge in [0.05, 0.1) is 22.9 Å². The second-order valence-corrected chi connectivity index (χ2v) is 9.08. The van der Waals surface area contributed by atoms with Gasteiger partial charge in [0.2, 0.25) is 6.41 Å². The summed E-state index contributed by atoms with van der Waals surface area (Å²) in [6.07, 6.45) is 0.637. The van der Waals surface area contributed by atoms with Crippen molar-refractivity contribution in [3.05, 3.63) is 52.7 Å². The van der Waals surface area contributed by atoms with Gasteiger partial charge in [-0.05, 0) is 83.7 Å². The van der Waals surface area contributed by atoms with E-state index in [4.69, 9.17) is 4.74 Å². The largest absolute Gasteiger partial charge is 0.368 e. The minimum Gasteiger partial charge on any atom is -0.368 e. The predicted octanol–water partition coefficient (Wildman–Crippen LogP) is 6.70. The van der Waals surface area contributed by atoms with Crippen molar-refractivity contribution in [3.63, 3.8) is 0 Å². The molecule has 3 rings (SSSR count). The third-order valence-electron chi connectivity index (χ3n) is 5.66. The van der Waals surface area contributed by atoms with Crippen molar-refractivity contribution in [2.24, 2.45) is 0 Å². The quantitative estimate of drug-likeness (QED) is 0.463. The number of benzene rings is 2. The molecule has 4 nitrogen and oxygen atoms in total. The lowest BCUT2D eigenvalue weighted by Gasteiger charge is -2.29. The first-order valence-electron chi connectivity index (χ1n) is 10.7. The Balaban J connectivity index is 2.47. The summed E-state index contributed by atoms with van der Waals surface area (Å²) in [4.78, 5) is 11.5. The Morgan fingerprint density at radius 1 is 1.13 bits per heavy atom. The molecule has 1 aromatic heterocycles. The Bertz CT molecular complexity index is 1070. The van der Waals surface area contributed by atoms with E-state index < -0.39 is 0 Å². The summed E-state index contributed by atoms with van der Waals surface area (Å²) in [7, 11) is 0. The average Bonchev–Trinajstić information content (AvgIpc) is 2.98. The molecule has 1 amide bonds. The fourth-order valence-electron chi connectivity index (χ4n) is 4.55. The molecule has 30 heavy (non-hydrogen) atoms. The van der Waals surface area contributed by atoms with Crippen LogP contribution in [0.3, 0.4) is 0 Å². The van der Waals surface area contributed by atoms with Gasteiger partial charge in [-0.1, -0.05) is 29.8 Å².